The van der Waals surface area contributed by atoms with E-state index in [0.29, 0.717) is 18.2 Å². The van der Waals surface area contributed by atoms with Gasteiger partial charge in [0.15, 0.2) is 0 Å². The monoisotopic (exact) mass is 359 g/mol. The minimum Gasteiger partial charge on any atom is -0.507 e. The number of nitrogens with zero attached hydrogens (tertiary/aromatic N) is 3. The lowest BCUT2D eigenvalue weighted by atomic mass is 9.92. The van der Waals surface area contributed by atoms with Gasteiger partial charge in [0.1, 0.15) is 5.75 Å². The SMILES string of the molecule is CCC(C)c1cc(N(C)C(=O)CN2CCN(C)CC2)c2c(c1O)CCC2. The van der Waals surface area contributed by atoms with Gasteiger partial charge < -0.3 is 14.9 Å². The fraction of sp³-hybridized carbons (Fsp3) is 0.667. The van der Waals surface area contributed by atoms with E-state index in [4.69, 9.17) is 0 Å². The van der Waals surface area contributed by atoms with Crippen LogP contribution in [0.4, 0.5) is 5.69 Å². The van der Waals surface area contributed by atoms with E-state index in [0.717, 1.165) is 68.7 Å². The van der Waals surface area contributed by atoms with Gasteiger partial charge in [0.2, 0.25) is 5.91 Å². The molecular formula is C21H33N3O2. The lowest BCUT2D eigenvalue weighted by molar-refractivity contribution is -0.119. The van der Waals surface area contributed by atoms with E-state index in [1.54, 1.807) is 0 Å². The van der Waals surface area contributed by atoms with Gasteiger partial charge in [0, 0.05) is 38.9 Å². The molecule has 1 N–H and O–H groups in total. The molecular weight excluding hydrogens is 326 g/mol. The van der Waals surface area contributed by atoms with E-state index < -0.39 is 0 Å². The Kier molecular flexibility index (Phi) is 5.88. The number of piperazine rings is 1. The lowest BCUT2D eigenvalue weighted by Gasteiger charge is -2.33. The van der Waals surface area contributed by atoms with E-state index in [2.05, 4.69) is 36.8 Å². The number of phenolic OH excluding ortho intramolecular Hbond substituents is 1. The molecule has 1 atom stereocenters. The molecule has 1 unspecified atom stereocenters. The highest BCUT2D eigenvalue weighted by molar-refractivity contribution is 5.95. The Hall–Kier alpha value is -1.59. The highest BCUT2D eigenvalue weighted by Crippen LogP contribution is 2.42. The third-order valence-corrected chi connectivity index (χ3v) is 6.21. The summed E-state index contributed by atoms with van der Waals surface area (Å²) in [6.07, 6.45) is 3.90. The lowest BCUT2D eigenvalue weighted by Crippen LogP contribution is -2.48. The molecule has 0 radical (unpaired) electrons. The van der Waals surface area contributed by atoms with Gasteiger partial charge in [-0.05, 0) is 61.4 Å². The number of anilines is 1. The van der Waals surface area contributed by atoms with E-state index in [9.17, 15) is 9.90 Å². The molecule has 1 fully saturated rings. The number of carbonyl (C=O) groups is 1. The number of amides is 1. The Morgan fingerprint density at radius 3 is 2.54 bits per heavy atom. The zero-order valence-corrected chi connectivity index (χ0v) is 16.7. The van der Waals surface area contributed by atoms with Gasteiger partial charge in [-0.1, -0.05) is 13.8 Å². The Labute approximate surface area is 157 Å². The Morgan fingerprint density at radius 1 is 1.23 bits per heavy atom. The molecule has 1 heterocycles. The van der Waals surface area contributed by atoms with Crippen molar-refractivity contribution in [2.24, 2.45) is 0 Å². The minimum absolute atomic E-state index is 0.143. The second kappa shape index (κ2) is 7.97. The van der Waals surface area contributed by atoms with Crippen molar-refractivity contribution >= 4 is 11.6 Å². The second-order valence-corrected chi connectivity index (χ2v) is 7.99. The fourth-order valence-electron chi connectivity index (χ4n) is 4.10. The van der Waals surface area contributed by atoms with Crippen molar-refractivity contribution in [3.63, 3.8) is 0 Å². The second-order valence-electron chi connectivity index (χ2n) is 7.99. The molecule has 1 aromatic rings. The van der Waals surface area contributed by atoms with Gasteiger partial charge in [-0.3, -0.25) is 9.69 Å². The summed E-state index contributed by atoms with van der Waals surface area (Å²) in [7, 11) is 4.02. The first kappa shape index (κ1) is 19.2. The van der Waals surface area contributed by atoms with Crippen molar-refractivity contribution in [1.29, 1.82) is 0 Å². The number of carbonyl (C=O) groups excluding carboxylic acids is 1. The predicted molar refractivity (Wildman–Crippen MR) is 106 cm³/mol. The van der Waals surface area contributed by atoms with Gasteiger partial charge in [-0.15, -0.1) is 0 Å². The molecule has 1 aromatic carbocycles. The van der Waals surface area contributed by atoms with Crippen LogP contribution in [0.2, 0.25) is 0 Å². The smallest absolute Gasteiger partial charge is 0.240 e. The number of aromatic hydroxyl groups is 1. The van der Waals surface area contributed by atoms with E-state index >= 15 is 0 Å². The van der Waals surface area contributed by atoms with Crippen molar-refractivity contribution in [3.05, 3.63) is 22.8 Å². The maximum Gasteiger partial charge on any atom is 0.240 e. The first-order valence-corrected chi connectivity index (χ1v) is 9.97. The number of rotatable bonds is 5. The van der Waals surface area contributed by atoms with Gasteiger partial charge in [0.25, 0.3) is 0 Å². The molecule has 1 aliphatic heterocycles. The van der Waals surface area contributed by atoms with Gasteiger partial charge in [-0.25, -0.2) is 0 Å². The molecule has 3 rings (SSSR count). The first-order valence-electron chi connectivity index (χ1n) is 9.97. The molecule has 5 nitrogen and oxygen atoms in total. The maximum atomic E-state index is 12.9. The number of fused-ring (bicyclic) bond motifs is 1. The van der Waals surface area contributed by atoms with Crippen LogP contribution in [0.1, 0.15) is 49.3 Å². The average Bonchev–Trinajstić information content (AvgIpc) is 3.13. The third-order valence-electron chi connectivity index (χ3n) is 6.21. The highest BCUT2D eigenvalue weighted by atomic mass is 16.3. The number of hydrogen-bond donors (Lipinski definition) is 1. The number of hydrogen-bond acceptors (Lipinski definition) is 4. The topological polar surface area (TPSA) is 47.0 Å². The summed E-state index contributed by atoms with van der Waals surface area (Å²) in [5.74, 6) is 0.903. The summed E-state index contributed by atoms with van der Waals surface area (Å²) >= 11 is 0. The first-order chi connectivity index (χ1) is 12.4. The van der Waals surface area contributed by atoms with E-state index in [1.165, 1.54) is 5.56 Å². The van der Waals surface area contributed by atoms with Gasteiger partial charge in [0.05, 0.1) is 6.54 Å². The molecule has 0 aromatic heterocycles. The van der Waals surface area contributed by atoms with Crippen LogP contribution in [-0.4, -0.2) is 67.6 Å². The standard InChI is InChI=1S/C21H33N3O2/c1-5-15(2)18-13-19(16-7-6-8-17(16)21(18)26)23(4)20(25)14-24-11-9-22(3)10-12-24/h13,15,26H,5-12,14H2,1-4H3. The van der Waals surface area contributed by atoms with Crippen molar-refractivity contribution in [2.75, 3.05) is 51.7 Å². The van der Waals surface area contributed by atoms with Crippen molar-refractivity contribution in [3.8, 4) is 5.75 Å². The molecule has 0 saturated carbocycles. The number of likely N-dealkylation sites (N-methyl/N-ethyl adjacent to an activating group) is 2. The van der Waals surface area contributed by atoms with Crippen LogP contribution in [0, 0.1) is 0 Å². The minimum atomic E-state index is 0.143. The van der Waals surface area contributed by atoms with Crippen LogP contribution in [0.3, 0.4) is 0 Å². The van der Waals surface area contributed by atoms with Crippen molar-refractivity contribution in [1.82, 2.24) is 9.80 Å². The summed E-state index contributed by atoms with van der Waals surface area (Å²) in [6, 6.07) is 2.07. The van der Waals surface area contributed by atoms with Crippen molar-refractivity contribution < 1.29 is 9.90 Å². The number of benzene rings is 1. The zero-order valence-electron chi connectivity index (χ0n) is 16.7. The van der Waals surface area contributed by atoms with Crippen LogP contribution in [-0.2, 0) is 17.6 Å². The van der Waals surface area contributed by atoms with Gasteiger partial charge >= 0.3 is 0 Å². The highest BCUT2D eigenvalue weighted by Gasteiger charge is 2.27. The number of phenols is 1. The summed E-state index contributed by atoms with van der Waals surface area (Å²) in [6.45, 7) is 8.68. The quantitative estimate of drug-likeness (QED) is 0.878. The van der Waals surface area contributed by atoms with Crippen LogP contribution in [0.25, 0.3) is 0 Å². The van der Waals surface area contributed by atoms with E-state index in [1.807, 2.05) is 11.9 Å². The normalized spacial score (nSPS) is 19.4. The summed E-state index contributed by atoms with van der Waals surface area (Å²) in [5, 5.41) is 10.7. The molecule has 144 valence electrons. The molecule has 26 heavy (non-hydrogen) atoms. The predicted octanol–water partition coefficient (Wildman–Crippen LogP) is 2.60. The molecule has 0 bridgehead atoms. The molecule has 0 spiro atoms. The molecule has 5 heteroatoms. The van der Waals surface area contributed by atoms with Crippen LogP contribution < -0.4 is 4.90 Å². The van der Waals surface area contributed by atoms with Crippen LogP contribution in [0.5, 0.6) is 5.75 Å². The van der Waals surface area contributed by atoms with Crippen LogP contribution in [0.15, 0.2) is 6.07 Å². The molecule has 1 saturated heterocycles. The summed E-state index contributed by atoms with van der Waals surface area (Å²) in [4.78, 5) is 19.3. The largest absolute Gasteiger partial charge is 0.507 e. The molecule has 2 aliphatic rings. The molecule has 1 aliphatic carbocycles. The van der Waals surface area contributed by atoms with Gasteiger partial charge in [-0.2, -0.15) is 0 Å². The molecule has 1 amide bonds. The van der Waals surface area contributed by atoms with Crippen molar-refractivity contribution in [2.45, 2.75) is 45.4 Å². The maximum absolute atomic E-state index is 12.9. The van der Waals surface area contributed by atoms with Crippen LogP contribution >= 0.6 is 0 Å². The Morgan fingerprint density at radius 2 is 1.88 bits per heavy atom. The summed E-state index contributed by atoms with van der Waals surface area (Å²) < 4.78 is 0. The summed E-state index contributed by atoms with van der Waals surface area (Å²) in [5.41, 5.74) is 4.23. The third kappa shape index (κ3) is 3.74. The Balaban J connectivity index is 1.83. The average molecular weight is 360 g/mol. The van der Waals surface area contributed by atoms with E-state index in [-0.39, 0.29) is 5.91 Å². The Bertz CT molecular complexity index is 666. The fourth-order valence-corrected chi connectivity index (χ4v) is 4.10. The zero-order chi connectivity index (χ0) is 18.8.